The lowest BCUT2D eigenvalue weighted by Crippen LogP contribution is -2.38. The van der Waals surface area contributed by atoms with Gasteiger partial charge in [0.25, 0.3) is 0 Å². The molecule has 2 rings (SSSR count). The van der Waals surface area contributed by atoms with Gasteiger partial charge in [-0.3, -0.25) is 10.1 Å². The van der Waals surface area contributed by atoms with E-state index in [-0.39, 0.29) is 18.0 Å². The topological polar surface area (TPSA) is 75.8 Å². The zero-order valence-electron chi connectivity index (χ0n) is 12.5. The SMILES string of the molecule is CN(C)c1ccc([N+](=O)[O-])c(OCC2(O)CCCCC2)c1. The number of benzene rings is 1. The summed E-state index contributed by atoms with van der Waals surface area (Å²) in [5.74, 6) is 0.213. The van der Waals surface area contributed by atoms with Gasteiger partial charge in [0.2, 0.25) is 0 Å². The van der Waals surface area contributed by atoms with Gasteiger partial charge in [-0.15, -0.1) is 0 Å². The molecule has 0 aromatic heterocycles. The molecule has 0 bridgehead atoms. The lowest BCUT2D eigenvalue weighted by Gasteiger charge is -2.31. The Hall–Kier alpha value is -1.82. The largest absolute Gasteiger partial charge is 0.484 e. The maximum absolute atomic E-state index is 11.1. The number of hydrogen-bond donors (Lipinski definition) is 1. The van der Waals surface area contributed by atoms with Gasteiger partial charge in [0.1, 0.15) is 6.61 Å². The Morgan fingerprint density at radius 2 is 2.00 bits per heavy atom. The molecule has 0 amide bonds. The van der Waals surface area contributed by atoms with E-state index in [1.807, 2.05) is 19.0 Å². The lowest BCUT2D eigenvalue weighted by molar-refractivity contribution is -0.386. The molecule has 0 unspecified atom stereocenters. The van der Waals surface area contributed by atoms with Gasteiger partial charge in [-0.25, -0.2) is 0 Å². The number of anilines is 1. The van der Waals surface area contributed by atoms with Gasteiger partial charge in [0.05, 0.1) is 10.5 Å². The quantitative estimate of drug-likeness (QED) is 0.667. The molecule has 0 saturated heterocycles. The number of aliphatic hydroxyl groups is 1. The summed E-state index contributed by atoms with van der Waals surface area (Å²) in [4.78, 5) is 12.5. The van der Waals surface area contributed by atoms with Crippen molar-refractivity contribution in [3.63, 3.8) is 0 Å². The van der Waals surface area contributed by atoms with E-state index in [0.717, 1.165) is 24.9 Å². The highest BCUT2D eigenvalue weighted by atomic mass is 16.6. The Labute approximate surface area is 124 Å². The van der Waals surface area contributed by atoms with E-state index in [1.54, 1.807) is 12.1 Å². The van der Waals surface area contributed by atoms with Gasteiger partial charge in [0, 0.05) is 31.9 Å². The van der Waals surface area contributed by atoms with Crippen LogP contribution >= 0.6 is 0 Å². The standard InChI is InChI=1S/C15H22N2O4/c1-16(2)12-6-7-13(17(19)20)14(10-12)21-11-15(18)8-4-3-5-9-15/h6-7,10,18H,3-5,8-9,11H2,1-2H3. The van der Waals surface area contributed by atoms with Crippen LogP contribution in [0.15, 0.2) is 18.2 Å². The summed E-state index contributed by atoms with van der Waals surface area (Å²) < 4.78 is 5.61. The molecule has 1 fully saturated rings. The second kappa shape index (κ2) is 6.30. The molecule has 1 aromatic rings. The molecule has 1 saturated carbocycles. The van der Waals surface area contributed by atoms with E-state index in [4.69, 9.17) is 4.74 Å². The summed E-state index contributed by atoms with van der Waals surface area (Å²) >= 11 is 0. The third kappa shape index (κ3) is 3.85. The highest BCUT2D eigenvalue weighted by Crippen LogP contribution is 2.34. The second-order valence-corrected chi connectivity index (χ2v) is 5.88. The number of nitrogens with zero attached hydrogens (tertiary/aromatic N) is 2. The van der Waals surface area contributed by atoms with Crippen LogP contribution < -0.4 is 9.64 Å². The summed E-state index contributed by atoms with van der Waals surface area (Å²) in [7, 11) is 3.72. The fourth-order valence-electron chi connectivity index (χ4n) is 2.61. The minimum atomic E-state index is -0.861. The van der Waals surface area contributed by atoms with Gasteiger partial charge in [-0.1, -0.05) is 19.3 Å². The van der Waals surface area contributed by atoms with E-state index >= 15 is 0 Å². The van der Waals surface area contributed by atoms with Crippen molar-refractivity contribution >= 4 is 11.4 Å². The molecule has 1 aliphatic carbocycles. The molecule has 116 valence electrons. The molecule has 0 atom stereocenters. The summed E-state index contributed by atoms with van der Waals surface area (Å²) in [6.07, 6.45) is 4.44. The van der Waals surface area contributed by atoms with E-state index < -0.39 is 10.5 Å². The van der Waals surface area contributed by atoms with Crippen LogP contribution in [0.5, 0.6) is 5.75 Å². The van der Waals surface area contributed by atoms with Crippen molar-refractivity contribution in [3.05, 3.63) is 28.3 Å². The van der Waals surface area contributed by atoms with Crippen LogP contribution in [0.4, 0.5) is 11.4 Å². The fourth-order valence-corrected chi connectivity index (χ4v) is 2.61. The first-order valence-corrected chi connectivity index (χ1v) is 7.22. The normalized spacial score (nSPS) is 17.3. The van der Waals surface area contributed by atoms with Crippen molar-refractivity contribution in [2.24, 2.45) is 0 Å². The molecule has 6 heteroatoms. The molecule has 0 aliphatic heterocycles. The van der Waals surface area contributed by atoms with Crippen molar-refractivity contribution in [2.75, 3.05) is 25.6 Å². The molecule has 6 nitrogen and oxygen atoms in total. The average Bonchev–Trinajstić information content (AvgIpc) is 2.45. The second-order valence-electron chi connectivity index (χ2n) is 5.88. The summed E-state index contributed by atoms with van der Waals surface area (Å²) in [6.45, 7) is 0.102. The lowest BCUT2D eigenvalue weighted by atomic mass is 9.85. The molecule has 1 N–H and O–H groups in total. The predicted molar refractivity (Wildman–Crippen MR) is 81.0 cm³/mol. The van der Waals surface area contributed by atoms with Crippen LogP contribution in [0.2, 0.25) is 0 Å². The van der Waals surface area contributed by atoms with E-state index in [1.165, 1.54) is 6.07 Å². The monoisotopic (exact) mass is 294 g/mol. The smallest absolute Gasteiger partial charge is 0.311 e. The Morgan fingerprint density at radius 3 is 2.57 bits per heavy atom. The zero-order chi connectivity index (χ0) is 15.5. The van der Waals surface area contributed by atoms with Crippen molar-refractivity contribution in [1.29, 1.82) is 0 Å². The van der Waals surface area contributed by atoms with Crippen LogP contribution in [0.25, 0.3) is 0 Å². The van der Waals surface area contributed by atoms with Gasteiger partial charge in [0.15, 0.2) is 5.75 Å². The molecular weight excluding hydrogens is 272 g/mol. The number of rotatable bonds is 5. The maximum atomic E-state index is 11.1. The minimum absolute atomic E-state index is 0.0694. The first kappa shape index (κ1) is 15.6. The summed E-state index contributed by atoms with van der Waals surface area (Å²) in [6, 6.07) is 4.76. The number of ether oxygens (including phenoxy) is 1. The third-order valence-electron chi connectivity index (χ3n) is 3.94. The van der Waals surface area contributed by atoms with Crippen LogP contribution in [0, 0.1) is 10.1 Å². The first-order valence-electron chi connectivity index (χ1n) is 7.22. The van der Waals surface area contributed by atoms with Crippen molar-refractivity contribution in [3.8, 4) is 5.75 Å². The molecule has 0 radical (unpaired) electrons. The Kier molecular flexibility index (Phi) is 4.67. The number of hydrogen-bond acceptors (Lipinski definition) is 5. The molecule has 0 heterocycles. The average molecular weight is 294 g/mol. The van der Waals surface area contributed by atoms with Crippen LogP contribution in [-0.4, -0.2) is 36.3 Å². The van der Waals surface area contributed by atoms with Gasteiger partial charge in [-0.2, -0.15) is 0 Å². The molecular formula is C15H22N2O4. The summed E-state index contributed by atoms with van der Waals surface area (Å²) in [5.41, 5.74) is -0.105. The Balaban J connectivity index is 2.16. The molecule has 0 spiro atoms. The zero-order valence-corrected chi connectivity index (χ0v) is 12.5. The van der Waals surface area contributed by atoms with E-state index in [2.05, 4.69) is 0 Å². The predicted octanol–water partition coefficient (Wildman–Crippen LogP) is 2.73. The highest BCUT2D eigenvalue weighted by molar-refractivity contribution is 5.58. The van der Waals surface area contributed by atoms with E-state index in [9.17, 15) is 15.2 Å². The fraction of sp³-hybridized carbons (Fsp3) is 0.600. The van der Waals surface area contributed by atoms with Crippen molar-refractivity contribution < 1.29 is 14.8 Å². The van der Waals surface area contributed by atoms with Crippen LogP contribution in [-0.2, 0) is 0 Å². The Morgan fingerprint density at radius 1 is 1.33 bits per heavy atom. The minimum Gasteiger partial charge on any atom is -0.484 e. The maximum Gasteiger partial charge on any atom is 0.311 e. The molecule has 21 heavy (non-hydrogen) atoms. The van der Waals surface area contributed by atoms with Crippen LogP contribution in [0.3, 0.4) is 0 Å². The van der Waals surface area contributed by atoms with E-state index in [0.29, 0.717) is 12.8 Å². The van der Waals surface area contributed by atoms with Gasteiger partial charge < -0.3 is 14.7 Å². The van der Waals surface area contributed by atoms with Gasteiger partial charge in [-0.05, 0) is 18.9 Å². The Bertz CT molecular complexity index is 510. The van der Waals surface area contributed by atoms with Crippen LogP contribution in [0.1, 0.15) is 32.1 Å². The van der Waals surface area contributed by atoms with Gasteiger partial charge >= 0.3 is 5.69 Å². The summed E-state index contributed by atoms with van der Waals surface area (Å²) in [5, 5.41) is 21.5. The third-order valence-corrected chi connectivity index (χ3v) is 3.94. The first-order chi connectivity index (χ1) is 9.91. The number of nitro groups is 1. The highest BCUT2D eigenvalue weighted by Gasteiger charge is 2.31. The van der Waals surface area contributed by atoms with Crippen molar-refractivity contribution in [2.45, 2.75) is 37.7 Å². The van der Waals surface area contributed by atoms with Crippen molar-refractivity contribution in [1.82, 2.24) is 0 Å². The number of nitro benzene ring substituents is 1. The molecule has 1 aliphatic rings. The molecule has 1 aromatic carbocycles.